The Bertz CT molecular complexity index is 786. The molecule has 1 N–H and O–H groups in total. The zero-order valence-electron chi connectivity index (χ0n) is 13.7. The number of hydrogen-bond acceptors (Lipinski definition) is 3. The zero-order chi connectivity index (χ0) is 17.1. The summed E-state index contributed by atoms with van der Waals surface area (Å²) in [6.07, 6.45) is 4.81. The van der Waals surface area contributed by atoms with Gasteiger partial charge in [0.25, 0.3) is 0 Å². The molecule has 1 aromatic heterocycles. The zero-order valence-corrected chi connectivity index (χ0v) is 13.7. The van der Waals surface area contributed by atoms with E-state index in [2.05, 4.69) is 24.0 Å². The van der Waals surface area contributed by atoms with E-state index in [0.717, 1.165) is 17.5 Å². The Kier molecular flexibility index (Phi) is 4.60. The van der Waals surface area contributed by atoms with E-state index in [1.807, 2.05) is 12.1 Å². The van der Waals surface area contributed by atoms with Crippen molar-refractivity contribution in [1.29, 1.82) is 0 Å². The molecule has 124 valence electrons. The molecule has 0 saturated carbocycles. The van der Waals surface area contributed by atoms with E-state index in [-0.39, 0.29) is 11.5 Å². The van der Waals surface area contributed by atoms with Gasteiger partial charge in [-0.2, -0.15) is 0 Å². The van der Waals surface area contributed by atoms with Crippen molar-refractivity contribution in [2.75, 3.05) is 6.54 Å². The standard InChI is InChI=1S/C19H20N2O3/c1-13-4-2-3-5-14(13)6-7-18(22)21-9-8-16-15(12-21)10-20-11-17(16)19(23)24/h2-5,10-11H,6-9,12H2,1H3,(H,23,24). The molecule has 2 aromatic rings. The summed E-state index contributed by atoms with van der Waals surface area (Å²) in [5, 5.41) is 9.23. The molecule has 0 unspecified atom stereocenters. The number of aromatic carboxylic acids is 1. The summed E-state index contributed by atoms with van der Waals surface area (Å²) in [6, 6.07) is 8.09. The fraction of sp³-hybridized carbons (Fsp3) is 0.316. The number of aromatic nitrogens is 1. The first-order valence-electron chi connectivity index (χ1n) is 8.07. The summed E-state index contributed by atoms with van der Waals surface area (Å²) < 4.78 is 0. The number of benzene rings is 1. The van der Waals surface area contributed by atoms with Crippen molar-refractivity contribution in [2.24, 2.45) is 0 Å². The molecule has 24 heavy (non-hydrogen) atoms. The van der Waals surface area contributed by atoms with Gasteiger partial charge in [0, 0.05) is 31.9 Å². The Balaban J connectivity index is 1.67. The maximum atomic E-state index is 12.5. The van der Waals surface area contributed by atoms with E-state index < -0.39 is 5.97 Å². The van der Waals surface area contributed by atoms with E-state index in [1.54, 1.807) is 11.1 Å². The van der Waals surface area contributed by atoms with Gasteiger partial charge in [-0.1, -0.05) is 24.3 Å². The van der Waals surface area contributed by atoms with Crippen molar-refractivity contribution in [1.82, 2.24) is 9.88 Å². The normalized spacial score (nSPS) is 13.5. The number of carbonyl (C=O) groups is 2. The molecule has 1 aromatic carbocycles. The second kappa shape index (κ2) is 6.83. The van der Waals surface area contributed by atoms with Crippen molar-refractivity contribution in [2.45, 2.75) is 32.7 Å². The van der Waals surface area contributed by atoms with Crippen LogP contribution >= 0.6 is 0 Å². The largest absolute Gasteiger partial charge is 0.478 e. The monoisotopic (exact) mass is 324 g/mol. The van der Waals surface area contributed by atoms with Gasteiger partial charge in [0.1, 0.15) is 0 Å². The molecule has 0 spiro atoms. The molecule has 0 fully saturated rings. The lowest BCUT2D eigenvalue weighted by Gasteiger charge is -2.29. The Hall–Kier alpha value is -2.69. The third-order valence-corrected chi connectivity index (χ3v) is 4.59. The molecule has 5 heteroatoms. The number of carbonyl (C=O) groups excluding carboxylic acids is 1. The highest BCUT2D eigenvalue weighted by atomic mass is 16.4. The van der Waals surface area contributed by atoms with E-state index in [4.69, 9.17) is 0 Å². The summed E-state index contributed by atoms with van der Waals surface area (Å²) >= 11 is 0. The lowest BCUT2D eigenvalue weighted by atomic mass is 9.96. The van der Waals surface area contributed by atoms with Gasteiger partial charge >= 0.3 is 5.97 Å². The first-order valence-corrected chi connectivity index (χ1v) is 8.07. The van der Waals surface area contributed by atoms with Crippen molar-refractivity contribution in [3.05, 3.63) is 64.5 Å². The van der Waals surface area contributed by atoms with Gasteiger partial charge < -0.3 is 10.0 Å². The molecule has 0 aliphatic carbocycles. The van der Waals surface area contributed by atoms with Crippen LogP contribution < -0.4 is 0 Å². The quantitative estimate of drug-likeness (QED) is 0.938. The molecule has 0 bridgehead atoms. The summed E-state index contributed by atoms with van der Waals surface area (Å²) in [5.41, 5.74) is 4.29. The highest BCUT2D eigenvalue weighted by Crippen LogP contribution is 2.22. The van der Waals surface area contributed by atoms with Crippen LogP contribution in [0, 0.1) is 6.92 Å². The molecule has 0 radical (unpaired) electrons. The Morgan fingerprint density at radius 3 is 2.79 bits per heavy atom. The highest BCUT2D eigenvalue weighted by molar-refractivity contribution is 5.89. The van der Waals surface area contributed by atoms with Gasteiger partial charge in [0.15, 0.2) is 0 Å². The number of aryl methyl sites for hydroxylation is 2. The maximum absolute atomic E-state index is 12.5. The second-order valence-electron chi connectivity index (χ2n) is 6.12. The topological polar surface area (TPSA) is 70.5 Å². The summed E-state index contributed by atoms with van der Waals surface area (Å²) in [4.78, 5) is 29.6. The third kappa shape index (κ3) is 3.30. The lowest BCUT2D eigenvalue weighted by molar-refractivity contribution is -0.132. The Labute approximate surface area is 140 Å². The van der Waals surface area contributed by atoms with Gasteiger partial charge in [-0.15, -0.1) is 0 Å². The highest BCUT2D eigenvalue weighted by Gasteiger charge is 2.24. The molecular weight excluding hydrogens is 304 g/mol. The van der Waals surface area contributed by atoms with E-state index in [1.165, 1.54) is 17.3 Å². The van der Waals surface area contributed by atoms with E-state index in [9.17, 15) is 14.7 Å². The third-order valence-electron chi connectivity index (χ3n) is 4.59. The minimum absolute atomic E-state index is 0.102. The minimum Gasteiger partial charge on any atom is -0.478 e. The van der Waals surface area contributed by atoms with Gasteiger partial charge in [0.05, 0.1) is 5.56 Å². The number of pyridine rings is 1. The van der Waals surface area contributed by atoms with Gasteiger partial charge in [-0.25, -0.2) is 4.79 Å². The van der Waals surface area contributed by atoms with Crippen LogP contribution in [0.25, 0.3) is 0 Å². The summed E-state index contributed by atoms with van der Waals surface area (Å²) in [6.45, 7) is 3.05. The van der Waals surface area contributed by atoms with Crippen LogP contribution in [0.2, 0.25) is 0 Å². The van der Waals surface area contributed by atoms with Crippen molar-refractivity contribution >= 4 is 11.9 Å². The molecular formula is C19H20N2O3. The smallest absolute Gasteiger partial charge is 0.337 e. The number of carboxylic acid groups (broad SMARTS) is 1. The van der Waals surface area contributed by atoms with Crippen LogP contribution in [-0.2, 0) is 24.2 Å². The van der Waals surface area contributed by atoms with Crippen LogP contribution in [0.1, 0.15) is 39.0 Å². The van der Waals surface area contributed by atoms with E-state index in [0.29, 0.717) is 25.9 Å². The fourth-order valence-electron chi connectivity index (χ4n) is 3.18. The van der Waals surface area contributed by atoms with Crippen molar-refractivity contribution in [3.63, 3.8) is 0 Å². The summed E-state index contributed by atoms with van der Waals surface area (Å²) in [7, 11) is 0. The molecule has 1 amide bonds. The molecule has 5 nitrogen and oxygen atoms in total. The SMILES string of the molecule is Cc1ccccc1CCC(=O)N1CCc2c(cncc2C(=O)O)C1. The Morgan fingerprint density at radius 2 is 2.04 bits per heavy atom. The van der Waals surface area contributed by atoms with Crippen LogP contribution in [-0.4, -0.2) is 33.4 Å². The molecule has 1 aliphatic heterocycles. The van der Waals surface area contributed by atoms with Gasteiger partial charge in [0.2, 0.25) is 5.91 Å². The van der Waals surface area contributed by atoms with Crippen molar-refractivity contribution in [3.8, 4) is 0 Å². The number of fused-ring (bicyclic) bond motifs is 1. The average molecular weight is 324 g/mol. The maximum Gasteiger partial charge on any atom is 0.337 e. The van der Waals surface area contributed by atoms with Gasteiger partial charge in [-0.3, -0.25) is 9.78 Å². The first-order chi connectivity index (χ1) is 11.6. The molecule has 1 aliphatic rings. The second-order valence-corrected chi connectivity index (χ2v) is 6.12. The predicted octanol–water partition coefficient (Wildman–Crippen LogP) is 2.61. The minimum atomic E-state index is -0.960. The lowest BCUT2D eigenvalue weighted by Crippen LogP contribution is -2.36. The number of nitrogens with zero attached hydrogens (tertiary/aromatic N) is 2. The summed E-state index contributed by atoms with van der Waals surface area (Å²) in [5.74, 6) is -0.858. The van der Waals surface area contributed by atoms with E-state index >= 15 is 0 Å². The number of rotatable bonds is 4. The number of amides is 1. The number of carboxylic acids is 1. The average Bonchev–Trinajstić information content (AvgIpc) is 2.59. The van der Waals surface area contributed by atoms with Crippen LogP contribution in [0.3, 0.4) is 0 Å². The van der Waals surface area contributed by atoms with Gasteiger partial charge in [-0.05, 0) is 42.0 Å². The van der Waals surface area contributed by atoms with Crippen molar-refractivity contribution < 1.29 is 14.7 Å². The molecule has 2 heterocycles. The van der Waals surface area contributed by atoms with Crippen LogP contribution in [0.4, 0.5) is 0 Å². The first kappa shape index (κ1) is 16.2. The van der Waals surface area contributed by atoms with Crippen LogP contribution in [0.15, 0.2) is 36.7 Å². The Morgan fingerprint density at radius 1 is 1.25 bits per heavy atom. The number of hydrogen-bond donors (Lipinski definition) is 1. The molecule has 0 atom stereocenters. The fourth-order valence-corrected chi connectivity index (χ4v) is 3.18. The van der Waals surface area contributed by atoms with Crippen LogP contribution in [0.5, 0.6) is 0 Å². The predicted molar refractivity (Wildman–Crippen MR) is 89.8 cm³/mol. The molecule has 3 rings (SSSR count). The molecule has 0 saturated heterocycles.